The lowest BCUT2D eigenvalue weighted by molar-refractivity contribution is -0.137. The van der Waals surface area contributed by atoms with E-state index in [0.717, 1.165) is 16.4 Å². The first kappa shape index (κ1) is 14.9. The molecule has 0 spiro atoms. The summed E-state index contributed by atoms with van der Waals surface area (Å²) < 4.78 is 61.4. The van der Waals surface area contributed by atoms with Gasteiger partial charge in [-0.2, -0.15) is 17.5 Å². The Balaban J connectivity index is 3.05. The average molecular weight is 283 g/mol. The first-order chi connectivity index (χ1) is 8.19. The van der Waals surface area contributed by atoms with Crippen molar-refractivity contribution in [2.24, 2.45) is 0 Å². The third-order valence-electron chi connectivity index (χ3n) is 2.30. The van der Waals surface area contributed by atoms with Gasteiger partial charge < -0.3 is 5.11 Å². The summed E-state index contributed by atoms with van der Waals surface area (Å²) in [5.41, 5.74) is -0.911. The molecule has 0 saturated carbocycles. The van der Waals surface area contributed by atoms with E-state index in [2.05, 4.69) is 0 Å². The van der Waals surface area contributed by atoms with Crippen LogP contribution in [0.15, 0.2) is 29.2 Å². The summed E-state index contributed by atoms with van der Waals surface area (Å²) in [6.45, 7) is -0.486. The molecule has 1 aromatic rings. The van der Waals surface area contributed by atoms with Gasteiger partial charge in [-0.1, -0.05) is 0 Å². The van der Waals surface area contributed by atoms with E-state index < -0.39 is 21.8 Å². The number of sulfonamides is 1. The first-order valence-corrected chi connectivity index (χ1v) is 6.38. The van der Waals surface area contributed by atoms with Crippen LogP contribution in [0.3, 0.4) is 0 Å². The highest BCUT2D eigenvalue weighted by Gasteiger charge is 2.31. The number of likely N-dealkylation sites (N-methyl/N-ethyl adjacent to an activating group) is 1. The van der Waals surface area contributed by atoms with Crippen molar-refractivity contribution in [1.29, 1.82) is 0 Å². The minimum atomic E-state index is -4.50. The third kappa shape index (κ3) is 3.21. The second-order valence-corrected chi connectivity index (χ2v) is 5.62. The molecule has 1 rings (SSSR count). The molecule has 0 amide bonds. The van der Waals surface area contributed by atoms with Crippen molar-refractivity contribution in [3.8, 4) is 0 Å². The summed E-state index contributed by atoms with van der Waals surface area (Å²) >= 11 is 0. The topological polar surface area (TPSA) is 57.6 Å². The lowest BCUT2D eigenvalue weighted by Crippen LogP contribution is -2.29. The van der Waals surface area contributed by atoms with E-state index in [1.807, 2.05) is 0 Å². The molecule has 8 heteroatoms. The quantitative estimate of drug-likeness (QED) is 0.906. The molecule has 0 atom stereocenters. The Kier molecular flexibility index (Phi) is 4.36. The van der Waals surface area contributed by atoms with Crippen LogP contribution < -0.4 is 0 Å². The van der Waals surface area contributed by atoms with Crippen LogP contribution in [0.5, 0.6) is 0 Å². The van der Waals surface area contributed by atoms with Crippen LogP contribution in [0.2, 0.25) is 0 Å². The molecular weight excluding hydrogens is 271 g/mol. The molecule has 0 bridgehead atoms. The van der Waals surface area contributed by atoms with Crippen LogP contribution in [0.4, 0.5) is 13.2 Å². The maximum Gasteiger partial charge on any atom is 0.416 e. The highest BCUT2D eigenvalue weighted by molar-refractivity contribution is 7.89. The Morgan fingerprint density at radius 2 is 1.72 bits per heavy atom. The number of nitrogens with zero attached hydrogens (tertiary/aromatic N) is 1. The van der Waals surface area contributed by atoms with E-state index in [-0.39, 0.29) is 18.0 Å². The summed E-state index contributed by atoms with van der Waals surface area (Å²) in [7, 11) is -2.62. The zero-order valence-electron chi connectivity index (χ0n) is 9.48. The van der Waals surface area contributed by atoms with Crippen molar-refractivity contribution < 1.29 is 26.7 Å². The molecule has 0 aliphatic heterocycles. The van der Waals surface area contributed by atoms with Crippen molar-refractivity contribution in [2.45, 2.75) is 11.1 Å². The van der Waals surface area contributed by atoms with Crippen molar-refractivity contribution in [3.63, 3.8) is 0 Å². The summed E-state index contributed by atoms with van der Waals surface area (Å²) in [6.07, 6.45) is -4.50. The van der Waals surface area contributed by atoms with Gasteiger partial charge in [0, 0.05) is 13.6 Å². The number of aliphatic hydroxyl groups excluding tert-OH is 1. The van der Waals surface area contributed by atoms with Gasteiger partial charge in [0.25, 0.3) is 0 Å². The van der Waals surface area contributed by atoms with Crippen molar-refractivity contribution in [3.05, 3.63) is 29.8 Å². The molecule has 0 radical (unpaired) electrons. The molecule has 0 unspecified atom stereocenters. The molecule has 0 saturated heterocycles. The normalized spacial score (nSPS) is 13.0. The largest absolute Gasteiger partial charge is 0.416 e. The van der Waals surface area contributed by atoms with Crippen molar-refractivity contribution in [1.82, 2.24) is 4.31 Å². The van der Waals surface area contributed by atoms with Crippen LogP contribution in [-0.4, -0.2) is 38.0 Å². The van der Waals surface area contributed by atoms with Crippen LogP contribution in [0, 0.1) is 0 Å². The molecule has 1 N–H and O–H groups in total. The zero-order chi connectivity index (χ0) is 14.0. The Bertz CT molecular complexity index is 496. The number of hydrogen-bond acceptors (Lipinski definition) is 3. The predicted molar refractivity (Wildman–Crippen MR) is 58.3 cm³/mol. The molecule has 0 aromatic heterocycles. The van der Waals surface area contributed by atoms with Crippen LogP contribution in [0.25, 0.3) is 0 Å². The van der Waals surface area contributed by atoms with Crippen LogP contribution >= 0.6 is 0 Å². The lowest BCUT2D eigenvalue weighted by Gasteiger charge is -2.16. The smallest absolute Gasteiger partial charge is 0.395 e. The lowest BCUT2D eigenvalue weighted by atomic mass is 10.2. The molecule has 0 heterocycles. The molecule has 102 valence electrons. The summed E-state index contributed by atoms with van der Waals surface area (Å²) in [5, 5.41) is 8.64. The van der Waals surface area contributed by atoms with E-state index in [4.69, 9.17) is 5.11 Å². The minimum absolute atomic E-state index is 0.122. The number of halogens is 3. The Morgan fingerprint density at radius 1 is 1.22 bits per heavy atom. The number of hydrogen-bond donors (Lipinski definition) is 1. The summed E-state index contributed by atoms with van der Waals surface area (Å²) in [4.78, 5) is -0.244. The highest BCUT2D eigenvalue weighted by atomic mass is 32.2. The monoisotopic (exact) mass is 283 g/mol. The molecule has 0 fully saturated rings. The average Bonchev–Trinajstić information content (AvgIpc) is 2.28. The van der Waals surface area contributed by atoms with E-state index in [0.29, 0.717) is 12.1 Å². The van der Waals surface area contributed by atoms with E-state index in [1.165, 1.54) is 7.05 Å². The van der Waals surface area contributed by atoms with Gasteiger partial charge in [-0.3, -0.25) is 0 Å². The van der Waals surface area contributed by atoms with E-state index >= 15 is 0 Å². The number of benzene rings is 1. The fraction of sp³-hybridized carbons (Fsp3) is 0.400. The van der Waals surface area contributed by atoms with Gasteiger partial charge in [0.2, 0.25) is 10.0 Å². The van der Waals surface area contributed by atoms with Gasteiger partial charge in [0.15, 0.2) is 0 Å². The summed E-state index contributed by atoms with van der Waals surface area (Å²) in [6, 6.07) is 3.21. The number of aliphatic hydroxyl groups is 1. The SMILES string of the molecule is CN(CCO)S(=O)(=O)c1ccc(C(F)(F)F)cc1. The van der Waals surface area contributed by atoms with Crippen LogP contribution in [-0.2, 0) is 16.2 Å². The molecule has 4 nitrogen and oxygen atoms in total. The van der Waals surface area contributed by atoms with Crippen LogP contribution in [0.1, 0.15) is 5.56 Å². The van der Waals surface area contributed by atoms with Gasteiger partial charge in [-0.15, -0.1) is 0 Å². The van der Waals surface area contributed by atoms with Crippen molar-refractivity contribution in [2.75, 3.05) is 20.2 Å². The van der Waals surface area contributed by atoms with Gasteiger partial charge in [-0.05, 0) is 24.3 Å². The molecule has 18 heavy (non-hydrogen) atoms. The maximum absolute atomic E-state index is 12.3. The standard InChI is InChI=1S/C10H12F3NO3S/c1-14(6-7-15)18(16,17)9-4-2-8(3-5-9)10(11,12)13/h2-5,15H,6-7H2,1H3. The van der Waals surface area contributed by atoms with Gasteiger partial charge in [-0.25, -0.2) is 8.42 Å². The number of rotatable bonds is 4. The number of alkyl halides is 3. The fourth-order valence-corrected chi connectivity index (χ4v) is 2.42. The Labute approximate surface area is 103 Å². The second kappa shape index (κ2) is 5.25. The zero-order valence-corrected chi connectivity index (χ0v) is 10.3. The molecule has 1 aromatic carbocycles. The molecular formula is C10H12F3NO3S. The Morgan fingerprint density at radius 3 is 2.11 bits per heavy atom. The molecule has 0 aliphatic carbocycles. The van der Waals surface area contributed by atoms with Gasteiger partial charge in [0.1, 0.15) is 0 Å². The second-order valence-electron chi connectivity index (χ2n) is 3.57. The van der Waals surface area contributed by atoms with Gasteiger partial charge in [0.05, 0.1) is 17.1 Å². The van der Waals surface area contributed by atoms with Gasteiger partial charge >= 0.3 is 6.18 Å². The fourth-order valence-electron chi connectivity index (χ4n) is 1.26. The van der Waals surface area contributed by atoms with E-state index in [1.54, 1.807) is 0 Å². The Hall–Kier alpha value is -1.12. The minimum Gasteiger partial charge on any atom is -0.395 e. The highest BCUT2D eigenvalue weighted by Crippen LogP contribution is 2.30. The maximum atomic E-state index is 12.3. The predicted octanol–water partition coefficient (Wildman–Crippen LogP) is 1.32. The first-order valence-electron chi connectivity index (χ1n) is 4.94. The summed E-state index contributed by atoms with van der Waals surface area (Å²) in [5.74, 6) is 0. The van der Waals surface area contributed by atoms with Crippen molar-refractivity contribution >= 4 is 10.0 Å². The third-order valence-corrected chi connectivity index (χ3v) is 4.18. The molecule has 0 aliphatic rings. The van der Waals surface area contributed by atoms with E-state index in [9.17, 15) is 21.6 Å².